The largest absolute Gasteiger partial charge is 0.355 e. The highest BCUT2D eigenvalue weighted by molar-refractivity contribution is 6.06. The summed E-state index contributed by atoms with van der Waals surface area (Å²) in [5.41, 5.74) is 3.32. The molecule has 1 aromatic heterocycles. The zero-order valence-corrected chi connectivity index (χ0v) is 24.7. The van der Waals surface area contributed by atoms with Gasteiger partial charge in [-0.2, -0.15) is 5.10 Å². The van der Waals surface area contributed by atoms with Gasteiger partial charge >= 0.3 is 0 Å². The molecule has 2 aromatic rings. The van der Waals surface area contributed by atoms with E-state index in [1.807, 2.05) is 13.8 Å². The van der Waals surface area contributed by atoms with E-state index in [-0.39, 0.29) is 47.3 Å². The van der Waals surface area contributed by atoms with Gasteiger partial charge in [0.2, 0.25) is 11.8 Å². The molecule has 1 aromatic carbocycles. The molecule has 0 radical (unpaired) electrons. The summed E-state index contributed by atoms with van der Waals surface area (Å²) >= 11 is 0. The highest BCUT2D eigenvalue weighted by atomic mass is 16.2. The molecule has 2 aliphatic heterocycles. The molecule has 0 spiro atoms. The zero-order chi connectivity index (χ0) is 28.8. The zero-order valence-electron chi connectivity index (χ0n) is 24.7. The van der Waals surface area contributed by atoms with Crippen molar-refractivity contribution >= 4 is 34.3 Å². The van der Waals surface area contributed by atoms with Gasteiger partial charge in [0.05, 0.1) is 11.6 Å². The summed E-state index contributed by atoms with van der Waals surface area (Å²) in [5.74, 6) is 0.258. The maximum Gasteiger partial charge on any atom is 0.245 e. The van der Waals surface area contributed by atoms with Gasteiger partial charge in [0.25, 0.3) is 0 Å². The Morgan fingerprint density at radius 2 is 1.93 bits per heavy atom. The van der Waals surface area contributed by atoms with Crippen LogP contribution in [0.25, 0.3) is 10.9 Å². The predicted octanol–water partition coefficient (Wildman–Crippen LogP) is 4.64. The van der Waals surface area contributed by atoms with Crippen LogP contribution in [0.3, 0.4) is 0 Å². The molecular weight excluding hydrogens is 504 g/mol. The van der Waals surface area contributed by atoms with Gasteiger partial charge in [0.1, 0.15) is 12.2 Å². The SMILES string of the molecule is CCC(=O)[C@@H]1C[C@]23CNC(=O)[C@@H](C)CCCCCc4cc(CC(C)C)cc5c(C(C)=O)nn(c45)CC(=O)N1[C@@H]2C3. The van der Waals surface area contributed by atoms with Gasteiger partial charge in [-0.1, -0.05) is 46.6 Å². The van der Waals surface area contributed by atoms with E-state index in [9.17, 15) is 19.2 Å². The summed E-state index contributed by atoms with van der Waals surface area (Å²) in [7, 11) is 0. The van der Waals surface area contributed by atoms with Crippen molar-refractivity contribution in [1.82, 2.24) is 20.0 Å². The number of nitrogens with zero attached hydrogens (tertiary/aromatic N) is 3. The summed E-state index contributed by atoms with van der Waals surface area (Å²) in [6.07, 6.45) is 7.21. The summed E-state index contributed by atoms with van der Waals surface area (Å²) in [4.78, 5) is 54.4. The fourth-order valence-electron chi connectivity index (χ4n) is 7.10. The predicted molar refractivity (Wildman–Crippen MR) is 154 cm³/mol. The van der Waals surface area contributed by atoms with Gasteiger partial charge in [0, 0.05) is 42.7 Å². The van der Waals surface area contributed by atoms with Gasteiger partial charge in [-0.25, -0.2) is 0 Å². The minimum absolute atomic E-state index is 0.0101. The number of carbonyl (C=O) groups excluding carboxylic acids is 4. The van der Waals surface area contributed by atoms with Crippen LogP contribution in [-0.2, 0) is 33.8 Å². The summed E-state index contributed by atoms with van der Waals surface area (Å²) in [6, 6.07) is 3.77. The number of aromatic nitrogens is 2. The maximum absolute atomic E-state index is 14.0. The number of rotatable bonds is 5. The number of Topliss-reactive ketones (excluding diaryl/α,β-unsaturated/α-hetero) is 2. The quantitative estimate of drug-likeness (QED) is 0.549. The normalized spacial score (nSPS) is 27.4. The number of hydrogen-bond acceptors (Lipinski definition) is 5. The van der Waals surface area contributed by atoms with E-state index < -0.39 is 6.04 Å². The van der Waals surface area contributed by atoms with Crippen molar-refractivity contribution in [3.63, 3.8) is 0 Å². The molecule has 2 amide bonds. The number of nitrogens with one attached hydrogen (secondary N) is 1. The van der Waals surface area contributed by atoms with Crippen molar-refractivity contribution in [3.05, 3.63) is 29.0 Å². The number of hydrogen-bond donors (Lipinski definition) is 1. The molecule has 3 aliphatic rings. The van der Waals surface area contributed by atoms with Crippen molar-refractivity contribution in [2.24, 2.45) is 17.3 Å². The Balaban J connectivity index is 1.58. The van der Waals surface area contributed by atoms with Crippen LogP contribution in [0.15, 0.2) is 12.1 Å². The van der Waals surface area contributed by atoms with Crippen molar-refractivity contribution in [3.8, 4) is 0 Å². The molecule has 40 heavy (non-hydrogen) atoms. The third-order valence-electron chi connectivity index (χ3n) is 9.32. The molecule has 0 unspecified atom stereocenters. The third-order valence-corrected chi connectivity index (χ3v) is 9.32. The number of benzene rings is 1. The molecule has 3 heterocycles. The molecular formula is C32H44N4O4. The number of amides is 2. The van der Waals surface area contributed by atoms with E-state index in [0.29, 0.717) is 31.0 Å². The van der Waals surface area contributed by atoms with Crippen molar-refractivity contribution < 1.29 is 19.2 Å². The van der Waals surface area contributed by atoms with Gasteiger partial charge in [-0.3, -0.25) is 23.9 Å². The molecule has 2 fully saturated rings. The second-order valence-electron chi connectivity index (χ2n) is 13.0. The van der Waals surface area contributed by atoms with Crippen LogP contribution in [0.2, 0.25) is 0 Å². The number of aryl methyl sites for hydroxylation is 1. The molecule has 2 bridgehead atoms. The van der Waals surface area contributed by atoms with E-state index in [1.165, 1.54) is 12.5 Å². The lowest BCUT2D eigenvalue weighted by molar-refractivity contribution is -0.139. The second kappa shape index (κ2) is 11.1. The van der Waals surface area contributed by atoms with Crippen molar-refractivity contribution in [2.45, 2.75) is 111 Å². The summed E-state index contributed by atoms with van der Waals surface area (Å²) in [5, 5.41) is 8.69. The molecule has 216 valence electrons. The van der Waals surface area contributed by atoms with E-state index in [4.69, 9.17) is 5.10 Å². The summed E-state index contributed by atoms with van der Waals surface area (Å²) in [6.45, 7) is 10.2. The van der Waals surface area contributed by atoms with Gasteiger partial charge in [0.15, 0.2) is 11.6 Å². The Hall–Kier alpha value is -3.03. The lowest BCUT2D eigenvalue weighted by atomic mass is 9.94. The third kappa shape index (κ3) is 5.34. The fraction of sp³-hybridized carbons (Fsp3) is 0.656. The Bertz CT molecular complexity index is 1340. The smallest absolute Gasteiger partial charge is 0.245 e. The Kier molecular flexibility index (Phi) is 7.90. The van der Waals surface area contributed by atoms with Gasteiger partial charge in [-0.05, 0) is 61.6 Å². The van der Waals surface area contributed by atoms with Crippen molar-refractivity contribution in [2.75, 3.05) is 6.54 Å². The Labute approximate surface area is 237 Å². The molecule has 4 atom stereocenters. The summed E-state index contributed by atoms with van der Waals surface area (Å²) < 4.78 is 1.72. The average Bonchev–Trinajstić information content (AvgIpc) is 3.31. The van der Waals surface area contributed by atoms with Gasteiger partial charge in [-0.15, -0.1) is 0 Å². The van der Waals surface area contributed by atoms with Crippen LogP contribution in [-0.4, -0.2) is 56.7 Å². The molecule has 1 aliphatic carbocycles. The molecule has 1 N–H and O–H groups in total. The number of ketones is 2. The Morgan fingerprint density at radius 3 is 2.62 bits per heavy atom. The molecule has 1 saturated carbocycles. The lowest BCUT2D eigenvalue weighted by Crippen LogP contribution is -2.44. The standard InChI is InChI=1S/C32H44N4O4/c1-6-26(38)25-15-32-16-27(32)36(25)28(39)17-35-30-23(11-9-7-8-10-20(4)31(40)33-18-32)13-22(12-19(2)3)14-24(30)29(34-35)21(5)37/h13-14,19-20,25,27H,6-12,15-18H2,1-5H3,(H,33,40)/t20-,25-,27+,32-/m0/s1. The lowest BCUT2D eigenvalue weighted by Gasteiger charge is -2.26. The first-order valence-corrected chi connectivity index (χ1v) is 15.2. The van der Waals surface area contributed by atoms with E-state index in [2.05, 4.69) is 31.3 Å². The van der Waals surface area contributed by atoms with Crippen LogP contribution in [0.4, 0.5) is 0 Å². The number of carbonyl (C=O) groups is 4. The molecule has 8 nitrogen and oxygen atoms in total. The minimum atomic E-state index is -0.476. The molecule has 5 rings (SSSR count). The van der Waals surface area contributed by atoms with E-state index in [1.54, 1.807) is 9.58 Å². The first-order chi connectivity index (χ1) is 19.0. The Morgan fingerprint density at radius 1 is 1.15 bits per heavy atom. The number of piperidine rings is 1. The maximum atomic E-state index is 14.0. The highest BCUT2D eigenvalue weighted by Crippen LogP contribution is 2.59. The fourth-order valence-corrected chi connectivity index (χ4v) is 7.10. The van der Waals surface area contributed by atoms with Crippen LogP contribution in [0, 0.1) is 17.3 Å². The van der Waals surface area contributed by atoms with Crippen LogP contribution in [0.1, 0.15) is 101 Å². The second-order valence-corrected chi connectivity index (χ2v) is 13.0. The van der Waals surface area contributed by atoms with Gasteiger partial charge < -0.3 is 10.2 Å². The van der Waals surface area contributed by atoms with Crippen LogP contribution in [0.5, 0.6) is 0 Å². The molecule has 8 heteroatoms. The minimum Gasteiger partial charge on any atom is -0.355 e. The van der Waals surface area contributed by atoms with Crippen LogP contribution >= 0.6 is 0 Å². The van der Waals surface area contributed by atoms with E-state index >= 15 is 0 Å². The molecule has 1 saturated heterocycles. The van der Waals surface area contributed by atoms with Crippen molar-refractivity contribution in [1.29, 1.82) is 0 Å². The van der Waals surface area contributed by atoms with E-state index in [0.717, 1.165) is 61.4 Å². The monoisotopic (exact) mass is 548 g/mol. The highest BCUT2D eigenvalue weighted by Gasteiger charge is 2.66. The van der Waals surface area contributed by atoms with Crippen LogP contribution < -0.4 is 5.32 Å². The topological polar surface area (TPSA) is 101 Å². The first-order valence-electron chi connectivity index (χ1n) is 15.2. The average molecular weight is 549 g/mol. The first kappa shape index (κ1) is 28.5.